The number of hydrogen-bond acceptors (Lipinski definition) is 5. The van der Waals surface area contributed by atoms with E-state index in [2.05, 4.69) is 4.74 Å². The Kier molecular flexibility index (Phi) is 5.73. The Bertz CT molecular complexity index is 671. The standard InChI is InChI=1S/C18H20O5/c1-12-7-16(23-11-21-3)8-13(2)17(12)14-5-4-6-15(9-14)18(20)22-10-19/h4-9,19H,10-11H2,1-3H3. The summed E-state index contributed by atoms with van der Waals surface area (Å²) in [7, 11) is 1.57. The molecule has 1 N–H and O–H groups in total. The van der Waals surface area contributed by atoms with E-state index in [0.29, 0.717) is 5.56 Å². The Balaban J connectivity index is 2.38. The molecule has 23 heavy (non-hydrogen) atoms. The van der Waals surface area contributed by atoms with Crippen LogP contribution in [-0.4, -0.2) is 31.8 Å². The number of benzene rings is 2. The number of aryl methyl sites for hydroxylation is 2. The third kappa shape index (κ3) is 4.09. The summed E-state index contributed by atoms with van der Waals surface area (Å²) in [6, 6.07) is 11.0. The summed E-state index contributed by atoms with van der Waals surface area (Å²) < 4.78 is 15.0. The van der Waals surface area contributed by atoms with Gasteiger partial charge in [-0.25, -0.2) is 4.79 Å². The van der Waals surface area contributed by atoms with E-state index in [0.717, 1.165) is 28.0 Å². The molecule has 2 rings (SSSR count). The fourth-order valence-corrected chi connectivity index (χ4v) is 2.53. The molecule has 0 unspecified atom stereocenters. The van der Waals surface area contributed by atoms with E-state index in [1.807, 2.05) is 32.0 Å². The maximum atomic E-state index is 11.8. The van der Waals surface area contributed by atoms with E-state index in [1.165, 1.54) is 0 Å². The summed E-state index contributed by atoms with van der Waals surface area (Å²) in [6.45, 7) is 3.54. The Morgan fingerprint density at radius 1 is 1.13 bits per heavy atom. The zero-order chi connectivity index (χ0) is 16.8. The number of carbonyl (C=O) groups excluding carboxylic acids is 1. The topological polar surface area (TPSA) is 65.0 Å². The van der Waals surface area contributed by atoms with Crippen molar-refractivity contribution >= 4 is 5.97 Å². The van der Waals surface area contributed by atoms with Gasteiger partial charge in [-0.1, -0.05) is 12.1 Å². The molecule has 0 saturated heterocycles. The monoisotopic (exact) mass is 316 g/mol. The minimum absolute atomic E-state index is 0.195. The molecule has 0 aromatic heterocycles. The molecule has 0 bridgehead atoms. The van der Waals surface area contributed by atoms with Gasteiger partial charge in [0.1, 0.15) is 5.75 Å². The first-order chi connectivity index (χ1) is 11.1. The van der Waals surface area contributed by atoms with Crippen molar-refractivity contribution in [1.29, 1.82) is 0 Å². The molecule has 0 spiro atoms. The summed E-state index contributed by atoms with van der Waals surface area (Å²) in [5, 5.41) is 8.71. The Labute approximate surface area is 135 Å². The van der Waals surface area contributed by atoms with Gasteiger partial charge in [-0.3, -0.25) is 0 Å². The summed E-state index contributed by atoms with van der Waals surface area (Å²) in [4.78, 5) is 11.8. The molecule has 122 valence electrons. The Morgan fingerprint density at radius 2 is 1.83 bits per heavy atom. The predicted octanol–water partition coefficient (Wildman–Crippen LogP) is 3.06. The van der Waals surface area contributed by atoms with Crippen molar-refractivity contribution < 1.29 is 24.1 Å². The van der Waals surface area contributed by atoms with Gasteiger partial charge in [0.05, 0.1) is 5.56 Å². The van der Waals surface area contributed by atoms with E-state index in [-0.39, 0.29) is 6.79 Å². The largest absolute Gasteiger partial charge is 0.468 e. The van der Waals surface area contributed by atoms with E-state index in [1.54, 1.807) is 25.3 Å². The number of carbonyl (C=O) groups is 1. The summed E-state index contributed by atoms with van der Waals surface area (Å²) in [6.07, 6.45) is 0. The van der Waals surface area contributed by atoms with Crippen LogP contribution < -0.4 is 4.74 Å². The molecular weight excluding hydrogens is 296 g/mol. The lowest BCUT2D eigenvalue weighted by Gasteiger charge is -2.14. The molecule has 0 heterocycles. The average molecular weight is 316 g/mol. The van der Waals surface area contributed by atoms with E-state index < -0.39 is 12.8 Å². The van der Waals surface area contributed by atoms with Gasteiger partial charge < -0.3 is 19.3 Å². The second kappa shape index (κ2) is 7.76. The van der Waals surface area contributed by atoms with Crippen LogP contribution in [0.1, 0.15) is 21.5 Å². The van der Waals surface area contributed by atoms with E-state index >= 15 is 0 Å². The van der Waals surface area contributed by atoms with Crippen LogP contribution in [-0.2, 0) is 9.47 Å². The zero-order valence-electron chi connectivity index (χ0n) is 13.5. The number of esters is 1. The first-order valence-electron chi connectivity index (χ1n) is 7.18. The van der Waals surface area contributed by atoms with Gasteiger partial charge in [0.15, 0.2) is 13.6 Å². The fraction of sp³-hybridized carbons (Fsp3) is 0.278. The second-order valence-electron chi connectivity index (χ2n) is 5.12. The second-order valence-corrected chi connectivity index (χ2v) is 5.12. The van der Waals surface area contributed by atoms with Gasteiger partial charge in [0, 0.05) is 7.11 Å². The molecule has 0 aliphatic carbocycles. The van der Waals surface area contributed by atoms with Crippen molar-refractivity contribution in [2.24, 2.45) is 0 Å². The maximum absolute atomic E-state index is 11.8. The summed E-state index contributed by atoms with van der Waals surface area (Å²) >= 11 is 0. The van der Waals surface area contributed by atoms with Crippen molar-refractivity contribution in [3.05, 3.63) is 53.1 Å². The van der Waals surface area contributed by atoms with Crippen LogP contribution in [0, 0.1) is 13.8 Å². The number of ether oxygens (including phenoxy) is 3. The van der Waals surface area contributed by atoms with Crippen LogP contribution >= 0.6 is 0 Å². The number of methoxy groups -OCH3 is 1. The number of rotatable bonds is 6. The van der Waals surface area contributed by atoms with Crippen LogP contribution in [0.25, 0.3) is 11.1 Å². The lowest BCUT2D eigenvalue weighted by atomic mass is 9.94. The highest BCUT2D eigenvalue weighted by Gasteiger charge is 2.12. The van der Waals surface area contributed by atoms with Gasteiger partial charge >= 0.3 is 5.97 Å². The van der Waals surface area contributed by atoms with Gasteiger partial charge in [-0.15, -0.1) is 0 Å². The normalized spacial score (nSPS) is 10.4. The van der Waals surface area contributed by atoms with Gasteiger partial charge in [-0.05, 0) is 60.4 Å². The third-order valence-electron chi connectivity index (χ3n) is 3.43. The van der Waals surface area contributed by atoms with Crippen LogP contribution in [0.15, 0.2) is 36.4 Å². The predicted molar refractivity (Wildman–Crippen MR) is 86.4 cm³/mol. The SMILES string of the molecule is COCOc1cc(C)c(-c2cccc(C(=O)OCO)c2)c(C)c1. The number of aliphatic hydroxyl groups is 1. The first kappa shape index (κ1) is 17.0. The van der Waals surface area contributed by atoms with Crippen molar-refractivity contribution in [2.75, 3.05) is 20.7 Å². The minimum atomic E-state index is -0.632. The molecule has 5 heteroatoms. The van der Waals surface area contributed by atoms with E-state index in [9.17, 15) is 4.79 Å². The molecule has 0 aliphatic rings. The lowest BCUT2D eigenvalue weighted by molar-refractivity contribution is 0.00683. The smallest absolute Gasteiger partial charge is 0.340 e. The maximum Gasteiger partial charge on any atom is 0.340 e. The Hall–Kier alpha value is -2.37. The minimum Gasteiger partial charge on any atom is -0.468 e. The fourth-order valence-electron chi connectivity index (χ4n) is 2.53. The summed E-state index contributed by atoms with van der Waals surface area (Å²) in [5.41, 5.74) is 4.40. The van der Waals surface area contributed by atoms with Crippen LogP contribution in [0.3, 0.4) is 0 Å². The highest BCUT2D eigenvalue weighted by atomic mass is 16.7. The molecular formula is C18H20O5. The van der Waals surface area contributed by atoms with Gasteiger partial charge in [-0.2, -0.15) is 0 Å². The van der Waals surface area contributed by atoms with Crippen molar-refractivity contribution in [3.8, 4) is 16.9 Å². The highest BCUT2D eigenvalue weighted by Crippen LogP contribution is 2.31. The molecule has 0 atom stereocenters. The summed E-state index contributed by atoms with van der Waals surface area (Å²) in [5.74, 6) is 0.186. The van der Waals surface area contributed by atoms with Crippen molar-refractivity contribution in [2.45, 2.75) is 13.8 Å². The molecule has 5 nitrogen and oxygen atoms in total. The molecule has 0 fully saturated rings. The molecule has 2 aromatic rings. The van der Waals surface area contributed by atoms with Crippen molar-refractivity contribution in [3.63, 3.8) is 0 Å². The quantitative estimate of drug-likeness (QED) is 0.655. The number of hydrogen-bond donors (Lipinski definition) is 1. The first-order valence-corrected chi connectivity index (χ1v) is 7.18. The van der Waals surface area contributed by atoms with Gasteiger partial charge in [0.2, 0.25) is 0 Å². The van der Waals surface area contributed by atoms with E-state index in [4.69, 9.17) is 14.6 Å². The van der Waals surface area contributed by atoms with Crippen molar-refractivity contribution in [1.82, 2.24) is 0 Å². The van der Waals surface area contributed by atoms with Crippen LogP contribution in [0.4, 0.5) is 0 Å². The zero-order valence-corrected chi connectivity index (χ0v) is 13.5. The molecule has 2 aromatic carbocycles. The van der Waals surface area contributed by atoms with Gasteiger partial charge in [0.25, 0.3) is 0 Å². The number of aliphatic hydroxyl groups excluding tert-OH is 1. The Morgan fingerprint density at radius 3 is 2.43 bits per heavy atom. The van der Waals surface area contributed by atoms with Crippen LogP contribution in [0.2, 0.25) is 0 Å². The molecule has 0 saturated carbocycles. The lowest BCUT2D eigenvalue weighted by Crippen LogP contribution is -2.06. The molecule has 0 radical (unpaired) electrons. The highest BCUT2D eigenvalue weighted by molar-refractivity contribution is 5.91. The molecule has 0 amide bonds. The average Bonchev–Trinajstić information content (AvgIpc) is 2.53. The van der Waals surface area contributed by atoms with Crippen LogP contribution in [0.5, 0.6) is 5.75 Å². The molecule has 0 aliphatic heterocycles. The third-order valence-corrected chi connectivity index (χ3v) is 3.43.